The van der Waals surface area contributed by atoms with E-state index >= 15 is 0 Å². The normalized spacial score (nSPS) is 13.0. The van der Waals surface area contributed by atoms with Crippen molar-refractivity contribution in [2.75, 3.05) is 0 Å². The number of benzene rings is 8. The van der Waals surface area contributed by atoms with Crippen molar-refractivity contribution in [3.8, 4) is 39.4 Å². The van der Waals surface area contributed by atoms with Crippen LogP contribution in [0.1, 0.15) is 0 Å². The van der Waals surface area contributed by atoms with Crippen molar-refractivity contribution < 1.29 is 4.74 Å². The van der Waals surface area contributed by atoms with Crippen LogP contribution in [0.2, 0.25) is 0 Å². The Hall–Kier alpha value is -6.42. The molecule has 2 heterocycles. The summed E-state index contributed by atoms with van der Waals surface area (Å²) in [6.45, 7) is 0. The molecule has 3 heteroatoms. The lowest BCUT2D eigenvalue weighted by Gasteiger charge is -2.39. The molecule has 1 aliphatic rings. The third-order valence-electron chi connectivity index (χ3n) is 10.6. The van der Waals surface area contributed by atoms with E-state index in [2.05, 4.69) is 205 Å². The fraction of sp³-hybridized carbons (Fsp3) is 0. The highest BCUT2D eigenvalue weighted by molar-refractivity contribution is 7.20. The second-order valence-corrected chi connectivity index (χ2v) is 17.0. The van der Waals surface area contributed by atoms with Gasteiger partial charge in [0, 0.05) is 16.3 Å². The summed E-state index contributed by atoms with van der Waals surface area (Å²) >= 11 is 0. The zero-order chi connectivity index (χ0) is 33.8. The van der Waals surface area contributed by atoms with Gasteiger partial charge in [-0.1, -0.05) is 170 Å². The van der Waals surface area contributed by atoms with Gasteiger partial charge in [0.15, 0.2) is 8.07 Å². The molecule has 51 heavy (non-hydrogen) atoms. The predicted molar refractivity (Wildman–Crippen MR) is 215 cm³/mol. The van der Waals surface area contributed by atoms with E-state index in [9.17, 15) is 0 Å². The van der Waals surface area contributed by atoms with Crippen molar-refractivity contribution in [1.29, 1.82) is 0 Å². The maximum absolute atomic E-state index is 6.64. The Bertz CT molecular complexity index is 2630. The SMILES string of the molecule is c1ccc(-c2cccc([Si]3(c4ccc(-c5ccccc5-n5c6ccccc6c6ccccc65)cc4)c4ccccc4Oc4ccccc43)c2)cc1. The summed E-state index contributed by atoms with van der Waals surface area (Å²) < 4.78 is 9.06. The molecular formula is C48H33NOSi. The summed E-state index contributed by atoms with van der Waals surface area (Å²) in [5, 5.41) is 7.74. The minimum absolute atomic E-state index is 0.939. The van der Waals surface area contributed by atoms with Crippen molar-refractivity contribution >= 4 is 50.6 Å². The Kier molecular flexibility index (Phi) is 6.86. The van der Waals surface area contributed by atoms with Crippen LogP contribution in [-0.2, 0) is 0 Å². The van der Waals surface area contributed by atoms with Gasteiger partial charge in [0.2, 0.25) is 0 Å². The fourth-order valence-electron chi connectivity index (χ4n) is 8.34. The summed E-state index contributed by atoms with van der Waals surface area (Å²) in [7, 11) is -2.83. The molecule has 0 amide bonds. The average Bonchev–Trinajstić information content (AvgIpc) is 3.55. The molecule has 0 saturated carbocycles. The van der Waals surface area contributed by atoms with Crippen LogP contribution in [0.4, 0.5) is 0 Å². The van der Waals surface area contributed by atoms with Gasteiger partial charge in [0.1, 0.15) is 11.5 Å². The maximum atomic E-state index is 6.64. The summed E-state index contributed by atoms with van der Waals surface area (Å²) in [5.41, 5.74) is 8.42. The Labute approximate surface area is 298 Å². The molecule has 10 rings (SSSR count). The number of para-hydroxylation sites is 5. The van der Waals surface area contributed by atoms with Gasteiger partial charge >= 0.3 is 0 Å². The third kappa shape index (κ3) is 4.56. The van der Waals surface area contributed by atoms with Gasteiger partial charge in [0.25, 0.3) is 0 Å². The van der Waals surface area contributed by atoms with Gasteiger partial charge in [-0.05, 0) is 67.8 Å². The highest BCUT2D eigenvalue weighted by Gasteiger charge is 2.48. The van der Waals surface area contributed by atoms with Gasteiger partial charge in [-0.25, -0.2) is 0 Å². The number of hydrogen-bond donors (Lipinski definition) is 0. The van der Waals surface area contributed by atoms with Gasteiger partial charge in [-0.3, -0.25) is 0 Å². The minimum Gasteiger partial charge on any atom is -0.458 e. The van der Waals surface area contributed by atoms with Crippen LogP contribution < -0.4 is 25.5 Å². The molecule has 0 aliphatic carbocycles. The van der Waals surface area contributed by atoms with Crippen molar-refractivity contribution in [2.24, 2.45) is 0 Å². The van der Waals surface area contributed by atoms with E-state index in [1.807, 2.05) is 0 Å². The summed E-state index contributed by atoms with van der Waals surface area (Å²) in [5.74, 6) is 1.88. The molecule has 0 unspecified atom stereocenters. The third-order valence-corrected chi connectivity index (χ3v) is 15.4. The Morgan fingerprint density at radius 2 is 0.922 bits per heavy atom. The van der Waals surface area contributed by atoms with Crippen LogP contribution in [-0.4, -0.2) is 12.6 Å². The zero-order valence-electron chi connectivity index (χ0n) is 27.9. The van der Waals surface area contributed by atoms with Crippen molar-refractivity contribution in [2.45, 2.75) is 0 Å². The molecule has 0 atom stereocenters. The number of aromatic nitrogens is 1. The lowest BCUT2D eigenvalue weighted by Crippen LogP contribution is -2.76. The first-order valence-electron chi connectivity index (χ1n) is 17.5. The van der Waals surface area contributed by atoms with Gasteiger partial charge < -0.3 is 9.30 Å². The Balaban J connectivity index is 1.20. The summed E-state index contributed by atoms with van der Waals surface area (Å²) in [4.78, 5) is 0. The molecule has 0 saturated heterocycles. The molecule has 240 valence electrons. The second kappa shape index (κ2) is 11.9. The van der Waals surface area contributed by atoms with Gasteiger partial charge in [-0.2, -0.15) is 0 Å². The monoisotopic (exact) mass is 667 g/mol. The van der Waals surface area contributed by atoms with Crippen LogP contribution in [0, 0.1) is 0 Å². The molecule has 1 aliphatic heterocycles. The lowest BCUT2D eigenvalue weighted by atomic mass is 10.0. The predicted octanol–water partition coefficient (Wildman–Crippen LogP) is 9.60. The first kappa shape index (κ1) is 29.5. The second-order valence-electron chi connectivity index (χ2n) is 13.3. The van der Waals surface area contributed by atoms with Crippen LogP contribution in [0.3, 0.4) is 0 Å². The average molecular weight is 668 g/mol. The molecule has 2 nitrogen and oxygen atoms in total. The van der Waals surface area contributed by atoms with Crippen molar-refractivity contribution in [3.05, 3.63) is 200 Å². The van der Waals surface area contributed by atoms with Gasteiger partial charge in [0.05, 0.1) is 16.7 Å². The van der Waals surface area contributed by atoms with Crippen LogP contribution in [0.25, 0.3) is 49.7 Å². The lowest BCUT2D eigenvalue weighted by molar-refractivity contribution is 0.487. The molecule has 0 radical (unpaired) electrons. The van der Waals surface area contributed by atoms with Gasteiger partial charge in [-0.15, -0.1) is 0 Å². The van der Waals surface area contributed by atoms with E-state index in [1.165, 1.54) is 70.5 Å². The molecule has 0 N–H and O–H groups in total. The molecular weight excluding hydrogens is 635 g/mol. The standard InChI is InChI=1S/C48H33NOSi/c1-2-15-34(16-3-1)36-17-14-18-38(33-36)51(47-27-12-10-25-45(47)50-46-26-11-13-28-48(46)51)37-31-29-35(30-32-37)39-19-4-7-22-42(39)49-43-23-8-5-20-40(43)41-21-6-9-24-44(41)49/h1-33H. The molecule has 0 spiro atoms. The number of nitrogens with zero attached hydrogens (tertiary/aromatic N) is 1. The van der Waals surface area contributed by atoms with Crippen molar-refractivity contribution in [1.82, 2.24) is 4.57 Å². The van der Waals surface area contributed by atoms with E-state index in [4.69, 9.17) is 4.74 Å². The largest absolute Gasteiger partial charge is 0.458 e. The quantitative estimate of drug-likeness (QED) is 0.167. The van der Waals surface area contributed by atoms with E-state index < -0.39 is 8.07 Å². The van der Waals surface area contributed by atoms with E-state index in [1.54, 1.807) is 0 Å². The first-order valence-corrected chi connectivity index (χ1v) is 19.5. The number of ether oxygens (including phenoxy) is 1. The van der Waals surface area contributed by atoms with E-state index in [0.717, 1.165) is 11.5 Å². The Morgan fingerprint density at radius 3 is 1.61 bits per heavy atom. The number of fused-ring (bicyclic) bond motifs is 5. The molecule has 9 aromatic rings. The molecule has 0 bridgehead atoms. The highest BCUT2D eigenvalue weighted by Crippen LogP contribution is 2.36. The first-order chi connectivity index (χ1) is 25.3. The maximum Gasteiger partial charge on any atom is 0.188 e. The summed E-state index contributed by atoms with van der Waals surface area (Å²) in [6.07, 6.45) is 0. The Morgan fingerprint density at radius 1 is 0.373 bits per heavy atom. The van der Waals surface area contributed by atoms with Crippen LogP contribution >= 0.6 is 0 Å². The summed E-state index contributed by atoms with van der Waals surface area (Å²) in [6, 6.07) is 72.9. The minimum atomic E-state index is -2.83. The number of rotatable bonds is 5. The zero-order valence-corrected chi connectivity index (χ0v) is 28.9. The smallest absolute Gasteiger partial charge is 0.188 e. The van der Waals surface area contributed by atoms with Crippen LogP contribution in [0.15, 0.2) is 200 Å². The topological polar surface area (TPSA) is 14.2 Å². The van der Waals surface area contributed by atoms with E-state index in [-0.39, 0.29) is 0 Å². The molecule has 1 aromatic heterocycles. The van der Waals surface area contributed by atoms with Crippen molar-refractivity contribution in [3.63, 3.8) is 0 Å². The molecule has 0 fully saturated rings. The number of hydrogen-bond acceptors (Lipinski definition) is 1. The highest BCUT2D eigenvalue weighted by atomic mass is 28.3. The fourth-order valence-corrected chi connectivity index (χ4v) is 13.3. The molecule has 8 aromatic carbocycles. The van der Waals surface area contributed by atoms with E-state index in [0.29, 0.717) is 0 Å². The van der Waals surface area contributed by atoms with Crippen LogP contribution in [0.5, 0.6) is 11.5 Å².